The Hall–Kier alpha value is -2.74. The molecule has 0 radical (unpaired) electrons. The van der Waals surface area contributed by atoms with Gasteiger partial charge in [0.15, 0.2) is 11.5 Å². The fourth-order valence-electron chi connectivity index (χ4n) is 1.78. The number of rotatable bonds is 5. The molecule has 0 aliphatic carbocycles. The lowest BCUT2D eigenvalue weighted by Crippen LogP contribution is -2.06. The standard InChI is InChI=1S/C16H17N3O2/c1-11(2)21-14-6-5-13(8-15(14)20-3)19-16-7-4-12(9-17)10-18-16/h4-8,10-11H,1-3H3,(H,18,19). The molecule has 0 saturated carbocycles. The van der Waals surface area contributed by atoms with Gasteiger partial charge in [-0.3, -0.25) is 0 Å². The molecule has 1 heterocycles. The maximum absolute atomic E-state index is 8.75. The Kier molecular flexibility index (Phi) is 4.62. The Morgan fingerprint density at radius 1 is 1.19 bits per heavy atom. The van der Waals surface area contributed by atoms with Crippen molar-refractivity contribution in [3.05, 3.63) is 42.1 Å². The molecule has 1 aromatic carbocycles. The van der Waals surface area contributed by atoms with Crippen molar-refractivity contribution in [3.63, 3.8) is 0 Å². The summed E-state index contributed by atoms with van der Waals surface area (Å²) in [5, 5.41) is 11.9. The minimum Gasteiger partial charge on any atom is -0.493 e. The molecule has 0 fully saturated rings. The van der Waals surface area contributed by atoms with Crippen LogP contribution in [0.15, 0.2) is 36.5 Å². The number of hydrogen-bond acceptors (Lipinski definition) is 5. The van der Waals surface area contributed by atoms with Gasteiger partial charge in [0.1, 0.15) is 11.9 Å². The lowest BCUT2D eigenvalue weighted by molar-refractivity contribution is 0.230. The minimum absolute atomic E-state index is 0.0814. The first-order valence-corrected chi connectivity index (χ1v) is 6.60. The van der Waals surface area contributed by atoms with Crippen molar-refractivity contribution in [1.29, 1.82) is 5.26 Å². The molecule has 2 rings (SSSR count). The molecule has 0 saturated heterocycles. The maximum atomic E-state index is 8.75. The molecule has 21 heavy (non-hydrogen) atoms. The van der Waals surface area contributed by atoms with Gasteiger partial charge in [-0.2, -0.15) is 5.26 Å². The summed E-state index contributed by atoms with van der Waals surface area (Å²) in [6, 6.07) is 11.1. The molecule has 5 heteroatoms. The van der Waals surface area contributed by atoms with Crippen molar-refractivity contribution in [2.45, 2.75) is 20.0 Å². The molecule has 1 aromatic heterocycles. The molecule has 2 aromatic rings. The largest absolute Gasteiger partial charge is 0.493 e. The number of pyridine rings is 1. The summed E-state index contributed by atoms with van der Waals surface area (Å²) in [4.78, 5) is 4.17. The van der Waals surface area contributed by atoms with E-state index in [-0.39, 0.29) is 6.10 Å². The average molecular weight is 283 g/mol. The van der Waals surface area contributed by atoms with Crippen LogP contribution in [0.1, 0.15) is 19.4 Å². The molecule has 0 bridgehead atoms. The zero-order valence-corrected chi connectivity index (χ0v) is 12.3. The zero-order valence-electron chi connectivity index (χ0n) is 12.3. The van der Waals surface area contributed by atoms with Crippen LogP contribution in [0.25, 0.3) is 0 Å². The number of aromatic nitrogens is 1. The maximum Gasteiger partial charge on any atom is 0.162 e. The topological polar surface area (TPSA) is 67.2 Å². The van der Waals surface area contributed by atoms with E-state index in [1.165, 1.54) is 6.20 Å². The summed E-state index contributed by atoms with van der Waals surface area (Å²) < 4.78 is 11.0. The minimum atomic E-state index is 0.0814. The molecule has 0 atom stereocenters. The molecule has 0 aliphatic rings. The average Bonchev–Trinajstić information content (AvgIpc) is 2.49. The van der Waals surface area contributed by atoms with Crippen molar-refractivity contribution in [3.8, 4) is 17.6 Å². The van der Waals surface area contributed by atoms with Crippen molar-refractivity contribution in [2.24, 2.45) is 0 Å². The molecule has 108 valence electrons. The second-order valence-corrected chi connectivity index (χ2v) is 4.70. The summed E-state index contributed by atoms with van der Waals surface area (Å²) in [5.41, 5.74) is 1.36. The molecule has 0 amide bonds. The number of methoxy groups -OCH3 is 1. The quantitative estimate of drug-likeness (QED) is 0.909. The zero-order chi connectivity index (χ0) is 15.2. The number of ether oxygens (including phenoxy) is 2. The van der Waals surface area contributed by atoms with Gasteiger partial charge in [-0.1, -0.05) is 0 Å². The number of anilines is 2. The van der Waals surface area contributed by atoms with E-state index in [4.69, 9.17) is 14.7 Å². The summed E-state index contributed by atoms with van der Waals surface area (Å²) in [5.74, 6) is 2.02. The number of benzene rings is 1. The Balaban J connectivity index is 2.18. The Labute approximate surface area is 124 Å². The van der Waals surface area contributed by atoms with Crippen LogP contribution in [0.4, 0.5) is 11.5 Å². The second-order valence-electron chi connectivity index (χ2n) is 4.70. The Bertz CT molecular complexity index is 646. The first kappa shape index (κ1) is 14.7. The van der Waals surface area contributed by atoms with E-state index in [2.05, 4.69) is 10.3 Å². The highest BCUT2D eigenvalue weighted by Gasteiger charge is 2.08. The molecule has 1 N–H and O–H groups in total. The molecule has 0 unspecified atom stereocenters. The third-order valence-electron chi connectivity index (χ3n) is 2.69. The third-order valence-corrected chi connectivity index (χ3v) is 2.69. The highest BCUT2D eigenvalue weighted by atomic mass is 16.5. The summed E-state index contributed by atoms with van der Waals surface area (Å²) in [7, 11) is 1.60. The van der Waals surface area contributed by atoms with E-state index in [9.17, 15) is 0 Å². The van der Waals surface area contributed by atoms with Crippen molar-refractivity contribution < 1.29 is 9.47 Å². The van der Waals surface area contributed by atoms with Crippen LogP contribution in [0.5, 0.6) is 11.5 Å². The fourth-order valence-corrected chi connectivity index (χ4v) is 1.78. The summed E-state index contributed by atoms with van der Waals surface area (Å²) >= 11 is 0. The Morgan fingerprint density at radius 3 is 2.57 bits per heavy atom. The van der Waals surface area contributed by atoms with Crippen LogP contribution in [0.2, 0.25) is 0 Å². The van der Waals surface area contributed by atoms with E-state index in [0.29, 0.717) is 22.9 Å². The first-order chi connectivity index (χ1) is 10.1. The molecular formula is C16H17N3O2. The lowest BCUT2D eigenvalue weighted by atomic mass is 10.2. The molecule has 5 nitrogen and oxygen atoms in total. The van der Waals surface area contributed by atoms with Gasteiger partial charge in [-0.25, -0.2) is 4.98 Å². The van der Waals surface area contributed by atoms with Crippen molar-refractivity contribution in [2.75, 3.05) is 12.4 Å². The SMILES string of the molecule is COc1cc(Nc2ccc(C#N)cn2)ccc1OC(C)C. The van der Waals surface area contributed by atoms with Crippen LogP contribution >= 0.6 is 0 Å². The monoisotopic (exact) mass is 283 g/mol. The second kappa shape index (κ2) is 6.62. The molecular weight excluding hydrogens is 266 g/mol. The van der Waals surface area contributed by atoms with E-state index in [1.807, 2.05) is 38.1 Å². The van der Waals surface area contributed by atoms with Gasteiger partial charge in [0.2, 0.25) is 0 Å². The van der Waals surface area contributed by atoms with Crippen LogP contribution in [0.3, 0.4) is 0 Å². The Morgan fingerprint density at radius 2 is 2.00 bits per heavy atom. The van der Waals surface area contributed by atoms with Gasteiger partial charge < -0.3 is 14.8 Å². The van der Waals surface area contributed by atoms with Gasteiger partial charge in [-0.05, 0) is 38.1 Å². The number of nitriles is 1. The highest BCUT2D eigenvalue weighted by molar-refractivity contribution is 5.61. The van der Waals surface area contributed by atoms with E-state index in [0.717, 1.165) is 5.69 Å². The summed E-state index contributed by atoms with van der Waals surface area (Å²) in [6.07, 6.45) is 1.61. The lowest BCUT2D eigenvalue weighted by Gasteiger charge is -2.15. The van der Waals surface area contributed by atoms with Crippen LogP contribution in [-0.4, -0.2) is 18.2 Å². The molecule has 0 spiro atoms. The van der Waals surface area contributed by atoms with Gasteiger partial charge in [0.25, 0.3) is 0 Å². The van der Waals surface area contributed by atoms with Crippen LogP contribution in [-0.2, 0) is 0 Å². The van der Waals surface area contributed by atoms with Crippen LogP contribution in [0, 0.1) is 11.3 Å². The smallest absolute Gasteiger partial charge is 0.162 e. The number of hydrogen-bond donors (Lipinski definition) is 1. The predicted molar refractivity (Wildman–Crippen MR) is 81.0 cm³/mol. The van der Waals surface area contributed by atoms with E-state index < -0.39 is 0 Å². The van der Waals surface area contributed by atoms with E-state index in [1.54, 1.807) is 19.2 Å². The van der Waals surface area contributed by atoms with E-state index >= 15 is 0 Å². The molecule has 0 aliphatic heterocycles. The third kappa shape index (κ3) is 3.86. The van der Waals surface area contributed by atoms with Gasteiger partial charge in [0, 0.05) is 18.0 Å². The predicted octanol–water partition coefficient (Wildman–Crippen LogP) is 3.49. The van der Waals surface area contributed by atoms with Gasteiger partial charge in [-0.15, -0.1) is 0 Å². The number of nitrogens with zero attached hydrogens (tertiary/aromatic N) is 2. The van der Waals surface area contributed by atoms with Crippen molar-refractivity contribution in [1.82, 2.24) is 4.98 Å². The van der Waals surface area contributed by atoms with Gasteiger partial charge >= 0.3 is 0 Å². The van der Waals surface area contributed by atoms with Crippen LogP contribution < -0.4 is 14.8 Å². The van der Waals surface area contributed by atoms with Gasteiger partial charge in [0.05, 0.1) is 18.8 Å². The fraction of sp³-hybridized carbons (Fsp3) is 0.250. The number of nitrogens with one attached hydrogen (secondary N) is 1. The summed E-state index contributed by atoms with van der Waals surface area (Å²) in [6.45, 7) is 3.93. The first-order valence-electron chi connectivity index (χ1n) is 6.60. The normalized spacial score (nSPS) is 10.0. The van der Waals surface area contributed by atoms with Crippen molar-refractivity contribution >= 4 is 11.5 Å². The highest BCUT2D eigenvalue weighted by Crippen LogP contribution is 2.31.